The molecule has 0 amide bonds. The van der Waals surface area contributed by atoms with Gasteiger partial charge < -0.3 is 5.73 Å². The van der Waals surface area contributed by atoms with Gasteiger partial charge in [-0.15, -0.1) is 5.10 Å². The Balaban J connectivity index is 1.75. The summed E-state index contributed by atoms with van der Waals surface area (Å²) in [5.74, 6) is 1.66. The van der Waals surface area contributed by atoms with Crippen molar-refractivity contribution in [3.63, 3.8) is 0 Å². The van der Waals surface area contributed by atoms with Gasteiger partial charge in [-0.25, -0.2) is 4.68 Å². The van der Waals surface area contributed by atoms with Crippen LogP contribution in [0.2, 0.25) is 0 Å². The monoisotopic (exact) mass is 285 g/mol. The number of benzene rings is 1. The van der Waals surface area contributed by atoms with Gasteiger partial charge in [0.05, 0.1) is 0 Å². The lowest BCUT2D eigenvalue weighted by Gasteiger charge is -2.21. The van der Waals surface area contributed by atoms with Crippen molar-refractivity contribution in [3.05, 3.63) is 23.8 Å². The maximum absolute atomic E-state index is 5.90. The van der Waals surface area contributed by atoms with Crippen LogP contribution in [0.15, 0.2) is 18.2 Å². The van der Waals surface area contributed by atoms with Gasteiger partial charge >= 0.3 is 0 Å². The first-order chi connectivity index (χ1) is 10.2. The SMILES string of the molecule is Cc1ccc(N)cc1-c1nnnn1CCC1CCCCC1. The van der Waals surface area contributed by atoms with Gasteiger partial charge in [-0.3, -0.25) is 0 Å². The van der Waals surface area contributed by atoms with Crippen molar-refractivity contribution < 1.29 is 0 Å². The number of nitrogen functional groups attached to an aromatic ring is 1. The molecule has 1 saturated carbocycles. The molecule has 0 saturated heterocycles. The van der Waals surface area contributed by atoms with Crippen molar-refractivity contribution in [3.8, 4) is 11.4 Å². The van der Waals surface area contributed by atoms with Gasteiger partial charge in [-0.2, -0.15) is 0 Å². The van der Waals surface area contributed by atoms with Crippen LogP contribution in [0.1, 0.15) is 44.1 Å². The van der Waals surface area contributed by atoms with Crippen LogP contribution in [0.4, 0.5) is 5.69 Å². The molecule has 112 valence electrons. The van der Waals surface area contributed by atoms with Crippen LogP contribution in [-0.4, -0.2) is 20.2 Å². The molecule has 0 spiro atoms. The number of hydrogen-bond donors (Lipinski definition) is 1. The molecule has 0 atom stereocenters. The van der Waals surface area contributed by atoms with E-state index in [4.69, 9.17) is 5.73 Å². The van der Waals surface area contributed by atoms with E-state index in [1.54, 1.807) is 0 Å². The quantitative estimate of drug-likeness (QED) is 0.876. The molecular formula is C16H23N5. The van der Waals surface area contributed by atoms with Crippen LogP contribution in [0.25, 0.3) is 11.4 Å². The minimum absolute atomic E-state index is 0.748. The zero-order valence-electron chi connectivity index (χ0n) is 12.6. The second-order valence-electron chi connectivity index (χ2n) is 6.09. The van der Waals surface area contributed by atoms with Crippen LogP contribution in [0.5, 0.6) is 0 Å². The van der Waals surface area contributed by atoms with E-state index in [9.17, 15) is 0 Å². The summed E-state index contributed by atoms with van der Waals surface area (Å²) in [6.07, 6.45) is 8.03. The minimum Gasteiger partial charge on any atom is -0.399 e. The summed E-state index contributed by atoms with van der Waals surface area (Å²) < 4.78 is 1.93. The molecule has 1 aliphatic rings. The lowest BCUT2D eigenvalue weighted by molar-refractivity contribution is 0.318. The Kier molecular flexibility index (Phi) is 4.18. The number of anilines is 1. The van der Waals surface area contributed by atoms with Crippen LogP contribution in [0, 0.1) is 12.8 Å². The van der Waals surface area contributed by atoms with Crippen LogP contribution in [-0.2, 0) is 6.54 Å². The number of nitrogens with two attached hydrogens (primary N) is 1. The van der Waals surface area contributed by atoms with Crippen LogP contribution < -0.4 is 5.73 Å². The fraction of sp³-hybridized carbons (Fsp3) is 0.562. The topological polar surface area (TPSA) is 69.6 Å². The molecule has 0 bridgehead atoms. The number of aromatic nitrogens is 4. The zero-order valence-corrected chi connectivity index (χ0v) is 12.6. The normalized spacial score (nSPS) is 16.2. The first-order valence-electron chi connectivity index (χ1n) is 7.86. The Morgan fingerprint density at radius 2 is 2.05 bits per heavy atom. The standard InChI is InChI=1S/C16H23N5/c1-12-7-8-14(17)11-15(12)16-18-19-20-21(16)10-9-13-5-3-2-4-6-13/h7-8,11,13H,2-6,9-10,17H2,1H3. The second kappa shape index (κ2) is 6.24. The van der Waals surface area contributed by atoms with E-state index in [1.807, 2.05) is 22.9 Å². The Morgan fingerprint density at radius 1 is 1.24 bits per heavy atom. The highest BCUT2D eigenvalue weighted by Crippen LogP contribution is 2.28. The van der Waals surface area contributed by atoms with Crippen molar-refractivity contribution in [2.45, 2.75) is 52.0 Å². The van der Waals surface area contributed by atoms with Crippen molar-refractivity contribution >= 4 is 5.69 Å². The molecule has 1 aromatic carbocycles. The number of rotatable bonds is 4. The highest BCUT2D eigenvalue weighted by atomic mass is 15.5. The second-order valence-corrected chi connectivity index (χ2v) is 6.09. The van der Waals surface area contributed by atoms with Gasteiger partial charge in [-0.1, -0.05) is 38.2 Å². The summed E-state index contributed by atoms with van der Waals surface area (Å²) in [6, 6.07) is 5.89. The molecule has 1 aromatic heterocycles. The van der Waals surface area contributed by atoms with Crippen LogP contribution in [0.3, 0.4) is 0 Å². The van der Waals surface area contributed by atoms with E-state index < -0.39 is 0 Å². The summed E-state index contributed by atoms with van der Waals surface area (Å²) >= 11 is 0. The molecule has 5 heteroatoms. The van der Waals surface area contributed by atoms with E-state index in [2.05, 4.69) is 22.4 Å². The zero-order chi connectivity index (χ0) is 14.7. The Labute approximate surface area is 125 Å². The lowest BCUT2D eigenvalue weighted by atomic mass is 9.87. The molecule has 0 radical (unpaired) electrons. The molecule has 1 fully saturated rings. The molecule has 5 nitrogen and oxygen atoms in total. The van der Waals surface area contributed by atoms with E-state index in [-0.39, 0.29) is 0 Å². The number of tetrazole rings is 1. The Morgan fingerprint density at radius 3 is 2.86 bits per heavy atom. The summed E-state index contributed by atoms with van der Waals surface area (Å²) in [5, 5.41) is 12.2. The molecule has 0 unspecified atom stereocenters. The number of hydrogen-bond acceptors (Lipinski definition) is 4. The van der Waals surface area contributed by atoms with E-state index in [0.29, 0.717) is 0 Å². The highest BCUT2D eigenvalue weighted by Gasteiger charge is 2.16. The van der Waals surface area contributed by atoms with Gasteiger partial charge in [0, 0.05) is 17.8 Å². The Bertz CT molecular complexity index is 598. The van der Waals surface area contributed by atoms with E-state index in [0.717, 1.165) is 35.1 Å². The van der Waals surface area contributed by atoms with E-state index in [1.165, 1.54) is 38.5 Å². The summed E-state index contributed by atoms with van der Waals surface area (Å²) in [4.78, 5) is 0. The smallest absolute Gasteiger partial charge is 0.182 e. The minimum atomic E-state index is 0.748. The van der Waals surface area contributed by atoms with Gasteiger partial charge in [0.2, 0.25) is 0 Å². The van der Waals surface area contributed by atoms with Crippen molar-refractivity contribution in [2.24, 2.45) is 5.92 Å². The third kappa shape index (κ3) is 3.23. The molecule has 0 aliphatic heterocycles. The number of aryl methyl sites for hydroxylation is 2. The fourth-order valence-corrected chi connectivity index (χ4v) is 3.21. The lowest BCUT2D eigenvalue weighted by Crippen LogP contribution is -2.12. The first-order valence-corrected chi connectivity index (χ1v) is 7.86. The fourth-order valence-electron chi connectivity index (χ4n) is 3.21. The average molecular weight is 285 g/mol. The predicted octanol–water partition coefficient (Wildman–Crippen LogP) is 3.20. The highest BCUT2D eigenvalue weighted by molar-refractivity contribution is 5.65. The van der Waals surface area contributed by atoms with Crippen LogP contribution >= 0.6 is 0 Å². The van der Waals surface area contributed by atoms with Gasteiger partial charge in [0.15, 0.2) is 5.82 Å². The third-order valence-corrected chi connectivity index (χ3v) is 4.51. The van der Waals surface area contributed by atoms with Crippen molar-refractivity contribution in [2.75, 3.05) is 5.73 Å². The van der Waals surface area contributed by atoms with Gasteiger partial charge in [0.1, 0.15) is 0 Å². The Hall–Kier alpha value is -1.91. The number of nitrogens with zero attached hydrogens (tertiary/aromatic N) is 4. The summed E-state index contributed by atoms with van der Waals surface area (Å²) in [6.45, 7) is 2.95. The van der Waals surface area contributed by atoms with Crippen molar-refractivity contribution in [1.82, 2.24) is 20.2 Å². The maximum atomic E-state index is 5.90. The van der Waals surface area contributed by atoms with Crippen molar-refractivity contribution in [1.29, 1.82) is 0 Å². The molecular weight excluding hydrogens is 262 g/mol. The molecule has 3 rings (SSSR count). The molecule has 21 heavy (non-hydrogen) atoms. The first kappa shape index (κ1) is 14.0. The summed E-state index contributed by atoms with van der Waals surface area (Å²) in [7, 11) is 0. The average Bonchev–Trinajstić information content (AvgIpc) is 2.97. The predicted molar refractivity (Wildman–Crippen MR) is 83.6 cm³/mol. The largest absolute Gasteiger partial charge is 0.399 e. The molecule has 1 aliphatic carbocycles. The third-order valence-electron chi connectivity index (χ3n) is 4.51. The summed E-state index contributed by atoms with van der Waals surface area (Å²) in [5.41, 5.74) is 8.83. The van der Waals surface area contributed by atoms with Gasteiger partial charge in [0.25, 0.3) is 0 Å². The molecule has 2 N–H and O–H groups in total. The van der Waals surface area contributed by atoms with Gasteiger partial charge in [-0.05, 0) is 47.4 Å². The van der Waals surface area contributed by atoms with E-state index >= 15 is 0 Å². The molecule has 1 heterocycles. The maximum Gasteiger partial charge on any atom is 0.182 e. The molecule has 2 aromatic rings.